The van der Waals surface area contributed by atoms with Gasteiger partial charge in [-0.2, -0.15) is 0 Å². The average molecular weight is 555 g/mol. The number of halogens is 1. The standard InChI is InChI=1S/C27H26INO4/c28-24-12-10-22(11-13-24)23-14-25(27(31)29-16-19-4-2-1-3-5-19)33-26(15-23)32-18-21-8-6-20(17-30)7-9-21/h1-14,23,26,30H,15-18H2,(H,29,31)/t23-,26+/m1/s1. The lowest BCUT2D eigenvalue weighted by Crippen LogP contribution is -2.32. The Hall–Kier alpha value is -2.68. The monoisotopic (exact) mass is 555 g/mol. The van der Waals surface area contributed by atoms with Gasteiger partial charge in [0.1, 0.15) is 0 Å². The molecule has 0 saturated heterocycles. The van der Waals surface area contributed by atoms with Crippen molar-refractivity contribution in [1.82, 2.24) is 5.32 Å². The van der Waals surface area contributed by atoms with E-state index in [9.17, 15) is 9.90 Å². The first-order chi connectivity index (χ1) is 16.1. The SMILES string of the molecule is O=C(NCc1ccccc1)C1=C[C@@H](c2ccc(I)cc2)C[C@@H](OCc2ccc(CO)cc2)O1. The van der Waals surface area contributed by atoms with Gasteiger partial charge in [-0.3, -0.25) is 4.79 Å². The van der Waals surface area contributed by atoms with Gasteiger partial charge in [-0.05, 0) is 63.1 Å². The van der Waals surface area contributed by atoms with Crippen molar-refractivity contribution >= 4 is 28.5 Å². The molecular formula is C27H26INO4. The minimum absolute atomic E-state index is 0.00925. The number of allylic oxidation sites excluding steroid dienone is 1. The Labute approximate surface area is 207 Å². The number of aliphatic hydroxyl groups excluding tert-OH is 1. The minimum atomic E-state index is -0.547. The Morgan fingerprint density at radius 3 is 2.36 bits per heavy atom. The first-order valence-corrected chi connectivity index (χ1v) is 11.9. The van der Waals surface area contributed by atoms with E-state index in [2.05, 4.69) is 52.2 Å². The number of rotatable bonds is 8. The van der Waals surface area contributed by atoms with Gasteiger partial charge in [-0.25, -0.2) is 0 Å². The molecule has 5 nitrogen and oxygen atoms in total. The second-order valence-electron chi connectivity index (χ2n) is 7.93. The van der Waals surface area contributed by atoms with Crippen molar-refractivity contribution in [3.05, 3.63) is 117 Å². The van der Waals surface area contributed by atoms with E-state index in [0.717, 1.165) is 25.8 Å². The molecule has 0 saturated carbocycles. The lowest BCUT2D eigenvalue weighted by atomic mass is 9.93. The van der Waals surface area contributed by atoms with Gasteiger partial charge in [0.25, 0.3) is 5.91 Å². The lowest BCUT2D eigenvalue weighted by Gasteiger charge is -2.29. The van der Waals surface area contributed by atoms with Crippen molar-refractivity contribution in [2.75, 3.05) is 0 Å². The van der Waals surface area contributed by atoms with Gasteiger partial charge in [0, 0.05) is 22.5 Å². The number of benzene rings is 3. The Morgan fingerprint density at radius 2 is 1.67 bits per heavy atom. The minimum Gasteiger partial charge on any atom is -0.459 e. The summed E-state index contributed by atoms with van der Waals surface area (Å²) >= 11 is 2.28. The Kier molecular flexibility index (Phi) is 8.15. The van der Waals surface area contributed by atoms with Gasteiger partial charge < -0.3 is 19.9 Å². The molecule has 2 N–H and O–H groups in total. The molecule has 0 aromatic heterocycles. The quantitative estimate of drug-likeness (QED) is 0.383. The van der Waals surface area contributed by atoms with Crippen LogP contribution in [-0.2, 0) is 34.0 Å². The molecule has 1 amide bonds. The molecule has 1 aliphatic heterocycles. The maximum Gasteiger partial charge on any atom is 0.286 e. The fourth-order valence-electron chi connectivity index (χ4n) is 3.66. The third-order valence-corrected chi connectivity index (χ3v) is 6.24. The summed E-state index contributed by atoms with van der Waals surface area (Å²) < 4.78 is 13.2. The number of hydrogen-bond acceptors (Lipinski definition) is 4. The van der Waals surface area contributed by atoms with Crippen molar-refractivity contribution in [2.24, 2.45) is 0 Å². The van der Waals surface area contributed by atoms with E-state index < -0.39 is 6.29 Å². The Balaban J connectivity index is 1.46. The summed E-state index contributed by atoms with van der Waals surface area (Å²) in [7, 11) is 0. The molecule has 3 aromatic rings. The van der Waals surface area contributed by atoms with Crippen LogP contribution in [0.3, 0.4) is 0 Å². The molecule has 6 heteroatoms. The first kappa shape index (κ1) is 23.5. The van der Waals surface area contributed by atoms with Crippen molar-refractivity contribution < 1.29 is 19.4 Å². The highest BCUT2D eigenvalue weighted by Crippen LogP contribution is 2.32. The van der Waals surface area contributed by atoms with Crippen molar-refractivity contribution in [3.8, 4) is 0 Å². The van der Waals surface area contributed by atoms with Crippen LogP contribution in [0.15, 0.2) is 90.7 Å². The molecule has 0 bridgehead atoms. The zero-order valence-electron chi connectivity index (χ0n) is 18.1. The summed E-state index contributed by atoms with van der Waals surface area (Å²) in [6.07, 6.45) is 1.96. The van der Waals surface area contributed by atoms with Gasteiger partial charge >= 0.3 is 0 Å². The van der Waals surface area contributed by atoms with E-state index in [1.54, 1.807) is 0 Å². The van der Waals surface area contributed by atoms with E-state index in [1.165, 1.54) is 0 Å². The highest BCUT2D eigenvalue weighted by molar-refractivity contribution is 14.1. The molecule has 4 rings (SSSR count). The molecule has 0 spiro atoms. The summed E-state index contributed by atoms with van der Waals surface area (Å²) in [5, 5.41) is 12.2. The molecule has 170 valence electrons. The van der Waals surface area contributed by atoms with Crippen LogP contribution >= 0.6 is 22.6 Å². The van der Waals surface area contributed by atoms with E-state index in [-0.39, 0.29) is 24.2 Å². The maximum atomic E-state index is 12.9. The third-order valence-electron chi connectivity index (χ3n) is 5.52. The van der Waals surface area contributed by atoms with Crippen molar-refractivity contribution in [2.45, 2.75) is 38.4 Å². The van der Waals surface area contributed by atoms with Gasteiger partial charge in [0.2, 0.25) is 6.29 Å². The summed E-state index contributed by atoms with van der Waals surface area (Å²) in [5.41, 5.74) is 3.97. The fraction of sp³-hybridized carbons (Fsp3) is 0.222. The number of amides is 1. The van der Waals surface area contributed by atoms with Crippen molar-refractivity contribution in [3.63, 3.8) is 0 Å². The molecule has 3 aromatic carbocycles. The summed E-state index contributed by atoms with van der Waals surface area (Å²) in [5.74, 6) is 0.0336. The van der Waals surface area contributed by atoms with E-state index >= 15 is 0 Å². The summed E-state index contributed by atoms with van der Waals surface area (Å²) in [6.45, 7) is 0.794. The summed E-state index contributed by atoms with van der Waals surface area (Å²) in [6, 6.07) is 25.7. The molecular weight excluding hydrogens is 529 g/mol. The highest BCUT2D eigenvalue weighted by Gasteiger charge is 2.28. The van der Waals surface area contributed by atoms with Crippen LogP contribution < -0.4 is 5.32 Å². The molecule has 1 aliphatic rings. The van der Waals surface area contributed by atoms with E-state index in [0.29, 0.717) is 19.6 Å². The Morgan fingerprint density at radius 1 is 0.970 bits per heavy atom. The van der Waals surface area contributed by atoms with Crippen LogP contribution in [-0.4, -0.2) is 17.3 Å². The molecule has 0 unspecified atom stereocenters. The van der Waals surface area contributed by atoms with Crippen LogP contribution in [0.4, 0.5) is 0 Å². The van der Waals surface area contributed by atoms with Crippen LogP contribution in [0.25, 0.3) is 0 Å². The molecule has 33 heavy (non-hydrogen) atoms. The molecule has 0 aliphatic carbocycles. The number of carbonyl (C=O) groups excluding carboxylic acids is 1. The summed E-state index contributed by atoms with van der Waals surface area (Å²) in [4.78, 5) is 12.9. The predicted octanol–water partition coefficient (Wildman–Crippen LogP) is 5.03. The Bertz CT molecular complexity index is 1080. The topological polar surface area (TPSA) is 67.8 Å². The second-order valence-corrected chi connectivity index (χ2v) is 9.17. The van der Waals surface area contributed by atoms with Crippen molar-refractivity contribution in [1.29, 1.82) is 0 Å². The highest BCUT2D eigenvalue weighted by atomic mass is 127. The smallest absolute Gasteiger partial charge is 0.286 e. The average Bonchev–Trinajstić information content (AvgIpc) is 2.87. The predicted molar refractivity (Wildman–Crippen MR) is 135 cm³/mol. The first-order valence-electron chi connectivity index (χ1n) is 10.9. The van der Waals surface area contributed by atoms with Crippen LogP contribution in [0.5, 0.6) is 0 Å². The van der Waals surface area contributed by atoms with Crippen LogP contribution in [0.2, 0.25) is 0 Å². The number of hydrogen-bond donors (Lipinski definition) is 2. The zero-order valence-corrected chi connectivity index (χ0v) is 20.3. The normalized spacial score (nSPS) is 17.7. The number of nitrogens with one attached hydrogen (secondary N) is 1. The van der Waals surface area contributed by atoms with E-state index in [1.807, 2.05) is 60.7 Å². The van der Waals surface area contributed by atoms with Gasteiger partial charge in [-0.15, -0.1) is 0 Å². The second kappa shape index (κ2) is 11.4. The van der Waals surface area contributed by atoms with Crippen LogP contribution in [0, 0.1) is 3.57 Å². The van der Waals surface area contributed by atoms with Gasteiger partial charge in [0.05, 0.1) is 13.2 Å². The number of ether oxygens (including phenoxy) is 2. The largest absolute Gasteiger partial charge is 0.459 e. The van der Waals surface area contributed by atoms with Crippen LogP contribution in [0.1, 0.15) is 34.6 Å². The number of carbonyl (C=O) groups is 1. The fourth-order valence-corrected chi connectivity index (χ4v) is 4.02. The molecule has 1 heterocycles. The van der Waals surface area contributed by atoms with Gasteiger partial charge in [0.15, 0.2) is 5.76 Å². The van der Waals surface area contributed by atoms with Gasteiger partial charge in [-0.1, -0.05) is 66.7 Å². The number of aliphatic hydroxyl groups is 1. The molecule has 0 radical (unpaired) electrons. The zero-order chi connectivity index (χ0) is 23.0. The van der Waals surface area contributed by atoms with E-state index in [4.69, 9.17) is 9.47 Å². The molecule has 2 atom stereocenters. The lowest BCUT2D eigenvalue weighted by molar-refractivity contribution is -0.150. The third kappa shape index (κ3) is 6.66. The maximum absolute atomic E-state index is 12.9. The molecule has 0 fully saturated rings.